The Morgan fingerprint density at radius 1 is 0.944 bits per heavy atom. The molecule has 7 heteroatoms. The molecule has 1 aliphatic rings. The first-order chi connectivity index (χ1) is 17.2. The molecule has 3 aromatic carbocycles. The number of carbonyl (C=O) groups excluding carboxylic acids is 1. The van der Waals surface area contributed by atoms with Crippen molar-refractivity contribution < 1.29 is 13.2 Å². The lowest BCUT2D eigenvalue weighted by molar-refractivity contribution is 0.0981. The summed E-state index contributed by atoms with van der Waals surface area (Å²) in [5.41, 5.74) is 6.65. The summed E-state index contributed by atoms with van der Waals surface area (Å²) >= 11 is 0. The van der Waals surface area contributed by atoms with E-state index in [-0.39, 0.29) is 11.6 Å². The van der Waals surface area contributed by atoms with Crippen LogP contribution in [0.4, 0.5) is 5.69 Å². The van der Waals surface area contributed by atoms with Crippen LogP contribution in [0.2, 0.25) is 0 Å². The average molecular weight is 500 g/mol. The molecular formula is C29H29N3O3S. The fourth-order valence-corrected chi connectivity index (χ4v) is 5.45. The molecule has 0 bridgehead atoms. The van der Waals surface area contributed by atoms with E-state index in [9.17, 15) is 13.2 Å². The van der Waals surface area contributed by atoms with Gasteiger partial charge >= 0.3 is 0 Å². The molecule has 0 saturated carbocycles. The van der Waals surface area contributed by atoms with Crippen LogP contribution in [0.3, 0.4) is 0 Å². The Kier molecular flexibility index (Phi) is 6.26. The number of pyridine rings is 1. The molecule has 1 amide bonds. The zero-order chi connectivity index (χ0) is 25.4. The van der Waals surface area contributed by atoms with Crippen LogP contribution in [0.25, 0.3) is 22.0 Å². The number of fused-ring (bicyclic) bond motifs is 2. The first kappa shape index (κ1) is 24.0. The number of aryl methyl sites for hydroxylation is 1. The van der Waals surface area contributed by atoms with Crippen LogP contribution in [0.5, 0.6) is 0 Å². The first-order valence-corrected chi connectivity index (χ1v) is 13.7. The number of rotatable bonds is 6. The third-order valence-electron chi connectivity index (χ3n) is 6.73. The van der Waals surface area contributed by atoms with Crippen molar-refractivity contribution in [3.8, 4) is 11.1 Å². The van der Waals surface area contributed by atoms with Crippen molar-refractivity contribution in [2.75, 3.05) is 5.32 Å². The highest BCUT2D eigenvalue weighted by Gasteiger charge is 2.26. The minimum absolute atomic E-state index is 0.267. The van der Waals surface area contributed by atoms with Gasteiger partial charge in [0.15, 0.2) is 0 Å². The van der Waals surface area contributed by atoms with Gasteiger partial charge in [-0.1, -0.05) is 54.6 Å². The Labute approximate surface area is 211 Å². The van der Waals surface area contributed by atoms with E-state index in [4.69, 9.17) is 0 Å². The molecule has 0 spiro atoms. The lowest BCUT2D eigenvalue weighted by Gasteiger charge is -2.19. The van der Waals surface area contributed by atoms with Gasteiger partial charge < -0.3 is 5.32 Å². The molecule has 184 valence electrons. The predicted molar refractivity (Wildman–Crippen MR) is 145 cm³/mol. The third kappa shape index (κ3) is 4.58. The van der Waals surface area contributed by atoms with Gasteiger partial charge in [-0.3, -0.25) is 9.78 Å². The predicted octanol–water partition coefficient (Wildman–Crippen LogP) is 5.26. The second-order valence-electron chi connectivity index (χ2n) is 9.59. The molecule has 36 heavy (non-hydrogen) atoms. The summed E-state index contributed by atoms with van der Waals surface area (Å²) in [6.07, 6.45) is 1.90. The molecule has 4 aromatic rings. The number of hydrogen-bond donors (Lipinski definition) is 2. The van der Waals surface area contributed by atoms with Crippen molar-refractivity contribution >= 4 is 32.5 Å². The summed E-state index contributed by atoms with van der Waals surface area (Å²) in [5, 5.41) is 3.71. The normalized spacial score (nSPS) is 13.7. The lowest BCUT2D eigenvalue weighted by atomic mass is 9.93. The number of benzene rings is 3. The number of carbonyl (C=O) groups is 1. The number of sulfonamides is 1. The standard InChI is InChI=1S/C29H29N3O3S/c1-18(2)36(34,35)32-29(33)27-19(3)30-26-14-13-23(17-25(26)28(27)20-9-5-4-6-10-20)31-24-15-21-11-7-8-12-22(21)16-24/h4-14,17-18,24,31H,15-16H2,1-3H3,(H,32,33). The van der Waals surface area contributed by atoms with Gasteiger partial charge in [0.1, 0.15) is 0 Å². The Hall–Kier alpha value is -3.71. The first-order valence-electron chi connectivity index (χ1n) is 12.1. The molecule has 0 radical (unpaired) electrons. The van der Waals surface area contributed by atoms with Gasteiger partial charge in [0.2, 0.25) is 10.0 Å². The Balaban J connectivity index is 1.60. The largest absolute Gasteiger partial charge is 0.382 e. The summed E-state index contributed by atoms with van der Waals surface area (Å²) in [6, 6.07) is 24.3. The van der Waals surface area contributed by atoms with Crippen molar-refractivity contribution in [2.45, 2.75) is 44.9 Å². The Morgan fingerprint density at radius 2 is 1.58 bits per heavy atom. The SMILES string of the molecule is Cc1nc2ccc(NC3Cc4ccccc4C3)cc2c(-c2ccccc2)c1C(=O)NS(=O)(=O)C(C)C. The second kappa shape index (κ2) is 9.39. The number of nitrogens with one attached hydrogen (secondary N) is 2. The molecule has 0 fully saturated rings. The van der Waals surface area contributed by atoms with Crippen molar-refractivity contribution in [2.24, 2.45) is 0 Å². The lowest BCUT2D eigenvalue weighted by Crippen LogP contribution is -2.36. The van der Waals surface area contributed by atoms with Crippen LogP contribution in [0.15, 0.2) is 72.8 Å². The van der Waals surface area contributed by atoms with Gasteiger partial charge in [-0.25, -0.2) is 13.1 Å². The van der Waals surface area contributed by atoms with E-state index in [1.54, 1.807) is 20.8 Å². The minimum atomic E-state index is -3.80. The highest BCUT2D eigenvalue weighted by atomic mass is 32.2. The van der Waals surface area contributed by atoms with Crippen LogP contribution in [0.1, 0.15) is 41.0 Å². The number of aromatic nitrogens is 1. The van der Waals surface area contributed by atoms with E-state index in [2.05, 4.69) is 39.3 Å². The molecule has 0 unspecified atom stereocenters. The number of nitrogens with zero attached hydrogens (tertiary/aromatic N) is 1. The van der Waals surface area contributed by atoms with Crippen molar-refractivity contribution in [3.05, 3.63) is 95.2 Å². The monoisotopic (exact) mass is 499 g/mol. The maximum absolute atomic E-state index is 13.4. The maximum Gasteiger partial charge on any atom is 0.267 e. The van der Waals surface area contributed by atoms with Crippen LogP contribution in [-0.2, 0) is 22.9 Å². The zero-order valence-electron chi connectivity index (χ0n) is 20.6. The molecule has 0 saturated heterocycles. The minimum Gasteiger partial charge on any atom is -0.382 e. The summed E-state index contributed by atoms with van der Waals surface area (Å²) < 4.78 is 27.3. The van der Waals surface area contributed by atoms with Crippen LogP contribution in [0, 0.1) is 6.92 Å². The smallest absolute Gasteiger partial charge is 0.267 e. The van der Waals surface area contributed by atoms with E-state index >= 15 is 0 Å². The summed E-state index contributed by atoms with van der Waals surface area (Å²) in [7, 11) is -3.80. The van der Waals surface area contributed by atoms with E-state index in [1.807, 2.05) is 48.5 Å². The fraction of sp³-hybridized carbons (Fsp3) is 0.241. The molecule has 0 aliphatic heterocycles. The third-order valence-corrected chi connectivity index (χ3v) is 8.44. The van der Waals surface area contributed by atoms with Gasteiger partial charge in [-0.15, -0.1) is 0 Å². The van der Waals surface area contributed by atoms with E-state index in [0.29, 0.717) is 11.3 Å². The molecule has 0 atom stereocenters. The highest BCUT2D eigenvalue weighted by molar-refractivity contribution is 7.90. The zero-order valence-corrected chi connectivity index (χ0v) is 21.4. The van der Waals surface area contributed by atoms with Crippen LogP contribution >= 0.6 is 0 Å². The summed E-state index contributed by atoms with van der Waals surface area (Å²) in [5.74, 6) is -0.668. The Morgan fingerprint density at radius 3 is 2.22 bits per heavy atom. The van der Waals surface area contributed by atoms with Gasteiger partial charge in [0.05, 0.1) is 22.0 Å². The van der Waals surface area contributed by atoms with E-state index in [1.165, 1.54) is 11.1 Å². The second-order valence-corrected chi connectivity index (χ2v) is 11.8. The van der Waals surface area contributed by atoms with Gasteiger partial charge in [-0.05, 0) is 68.5 Å². The maximum atomic E-state index is 13.4. The Bertz CT molecular complexity index is 1540. The van der Waals surface area contributed by atoms with Crippen molar-refractivity contribution in [3.63, 3.8) is 0 Å². The van der Waals surface area contributed by atoms with E-state index in [0.717, 1.165) is 35.0 Å². The molecule has 1 aliphatic carbocycles. The van der Waals surface area contributed by atoms with Gasteiger partial charge in [-0.2, -0.15) is 0 Å². The van der Waals surface area contributed by atoms with E-state index < -0.39 is 21.2 Å². The van der Waals surface area contributed by atoms with Gasteiger partial charge in [0, 0.05) is 22.7 Å². The average Bonchev–Trinajstić information content (AvgIpc) is 3.26. The summed E-state index contributed by atoms with van der Waals surface area (Å²) in [4.78, 5) is 18.0. The molecule has 5 rings (SSSR count). The quantitative estimate of drug-likeness (QED) is 0.378. The molecule has 6 nitrogen and oxygen atoms in total. The van der Waals surface area contributed by atoms with Gasteiger partial charge in [0.25, 0.3) is 5.91 Å². The fourth-order valence-electron chi connectivity index (χ4n) is 4.85. The van der Waals surface area contributed by atoms with Crippen LogP contribution < -0.4 is 10.0 Å². The molecule has 2 N–H and O–H groups in total. The van der Waals surface area contributed by atoms with Crippen molar-refractivity contribution in [1.29, 1.82) is 0 Å². The number of hydrogen-bond acceptors (Lipinski definition) is 5. The highest BCUT2D eigenvalue weighted by Crippen LogP contribution is 2.35. The molecule has 1 heterocycles. The molecular weight excluding hydrogens is 470 g/mol. The van der Waals surface area contributed by atoms with Crippen LogP contribution in [-0.4, -0.2) is 30.6 Å². The molecule has 1 aromatic heterocycles. The summed E-state index contributed by atoms with van der Waals surface area (Å²) in [6.45, 7) is 4.82. The topological polar surface area (TPSA) is 88.2 Å². The van der Waals surface area contributed by atoms with Crippen molar-refractivity contribution in [1.82, 2.24) is 9.71 Å². The number of anilines is 1. The number of amides is 1.